The number of pyridine rings is 1. The van der Waals surface area contributed by atoms with Crippen LogP contribution in [0.5, 0.6) is 0 Å². The summed E-state index contributed by atoms with van der Waals surface area (Å²) in [4.78, 5) is 20.9. The maximum atomic E-state index is 12.1. The lowest BCUT2D eigenvalue weighted by molar-refractivity contribution is -0.116. The smallest absolute Gasteiger partial charge is 0.260 e. The summed E-state index contributed by atoms with van der Waals surface area (Å²) in [5, 5.41) is 9.39. The van der Waals surface area contributed by atoms with E-state index >= 15 is 0 Å². The molecule has 1 N–H and O–H groups in total. The third-order valence-electron chi connectivity index (χ3n) is 4.98. The fourth-order valence-corrected chi connectivity index (χ4v) is 3.54. The molecule has 7 heteroatoms. The van der Waals surface area contributed by atoms with Crippen molar-refractivity contribution in [1.82, 2.24) is 15.1 Å². The van der Waals surface area contributed by atoms with Crippen LogP contribution in [-0.4, -0.2) is 21.0 Å². The van der Waals surface area contributed by atoms with Crippen molar-refractivity contribution in [2.24, 2.45) is 5.92 Å². The average Bonchev–Trinajstić information content (AvgIpc) is 3.39. The highest BCUT2D eigenvalue weighted by Gasteiger charge is 2.24. The Balaban J connectivity index is 1.44. The van der Waals surface area contributed by atoms with E-state index in [1.165, 1.54) is 0 Å². The first-order valence-corrected chi connectivity index (χ1v) is 9.82. The molecule has 0 spiro atoms. The Bertz CT molecular complexity index is 1220. The van der Waals surface area contributed by atoms with E-state index in [1.807, 2.05) is 42.5 Å². The van der Waals surface area contributed by atoms with Crippen LogP contribution in [0.2, 0.25) is 5.02 Å². The predicted octanol–water partition coefficient (Wildman–Crippen LogP) is 5.34. The first-order chi connectivity index (χ1) is 14.2. The van der Waals surface area contributed by atoms with E-state index in [2.05, 4.69) is 20.4 Å². The molecule has 2 aromatic heterocycles. The van der Waals surface area contributed by atoms with E-state index in [-0.39, 0.29) is 5.91 Å². The second-order valence-corrected chi connectivity index (χ2v) is 7.63. The first-order valence-electron chi connectivity index (χ1n) is 9.44. The fraction of sp³-hybridized carbons (Fsp3) is 0.182. The summed E-state index contributed by atoms with van der Waals surface area (Å²) in [7, 11) is 0. The molecule has 0 bridgehead atoms. The normalized spacial score (nSPS) is 13.6. The minimum atomic E-state index is 0.0390. The summed E-state index contributed by atoms with van der Waals surface area (Å²) in [6, 6.07) is 13.1. The van der Waals surface area contributed by atoms with Gasteiger partial charge in [0.05, 0.1) is 5.56 Å². The van der Waals surface area contributed by atoms with Crippen LogP contribution < -0.4 is 5.32 Å². The van der Waals surface area contributed by atoms with Crippen LogP contribution in [0.15, 0.2) is 59.4 Å². The number of carbonyl (C=O) groups excluding carboxylic acids is 1. The Hall–Kier alpha value is -3.25. The molecule has 29 heavy (non-hydrogen) atoms. The number of nitrogens with zero attached hydrogens (tertiary/aromatic N) is 3. The lowest BCUT2D eigenvalue weighted by Gasteiger charge is -2.05. The van der Waals surface area contributed by atoms with E-state index in [0.717, 1.165) is 40.4 Å². The van der Waals surface area contributed by atoms with Crippen molar-refractivity contribution in [3.8, 4) is 22.8 Å². The quantitative estimate of drug-likeness (QED) is 0.485. The Kier molecular flexibility index (Phi) is 4.48. The molecule has 2 aromatic carbocycles. The molecule has 0 radical (unpaired) electrons. The van der Waals surface area contributed by atoms with Crippen molar-refractivity contribution >= 4 is 34.0 Å². The van der Waals surface area contributed by atoms with Gasteiger partial charge in [-0.2, -0.15) is 4.98 Å². The van der Waals surface area contributed by atoms with Gasteiger partial charge in [0, 0.05) is 40.5 Å². The van der Waals surface area contributed by atoms with Crippen LogP contribution >= 0.6 is 11.6 Å². The maximum Gasteiger partial charge on any atom is 0.260 e. The molecule has 1 saturated carbocycles. The lowest BCUT2D eigenvalue weighted by Crippen LogP contribution is -2.11. The number of carbonyl (C=O) groups is 1. The Morgan fingerprint density at radius 3 is 2.86 bits per heavy atom. The molecule has 0 atom stereocenters. The van der Waals surface area contributed by atoms with Crippen molar-refractivity contribution < 1.29 is 9.32 Å². The molecule has 5 rings (SSSR count). The molecule has 1 aliphatic carbocycles. The number of rotatable bonds is 5. The van der Waals surface area contributed by atoms with Crippen LogP contribution in [-0.2, 0) is 4.79 Å². The van der Waals surface area contributed by atoms with Gasteiger partial charge in [0.15, 0.2) is 0 Å². The number of amides is 1. The molecule has 1 aliphatic rings. The molecule has 0 aliphatic heterocycles. The van der Waals surface area contributed by atoms with Crippen molar-refractivity contribution in [3.63, 3.8) is 0 Å². The number of fused-ring (bicyclic) bond motifs is 1. The van der Waals surface area contributed by atoms with E-state index in [9.17, 15) is 4.79 Å². The number of aromatic nitrogens is 3. The van der Waals surface area contributed by atoms with Crippen molar-refractivity contribution in [1.29, 1.82) is 0 Å². The number of halogens is 1. The molecule has 4 aromatic rings. The SMILES string of the molecule is O=C(CC1CC1)Nc1cccc(-c2noc(-c3cncc4c(Cl)cccc34)n2)c1. The Morgan fingerprint density at radius 1 is 1.14 bits per heavy atom. The zero-order valence-corrected chi connectivity index (χ0v) is 16.2. The van der Waals surface area contributed by atoms with Gasteiger partial charge in [-0.3, -0.25) is 9.78 Å². The fourth-order valence-electron chi connectivity index (χ4n) is 3.31. The summed E-state index contributed by atoms with van der Waals surface area (Å²) in [6.07, 6.45) is 6.27. The molecular weight excluding hydrogens is 388 g/mol. The summed E-state index contributed by atoms with van der Waals surface area (Å²) >= 11 is 6.27. The maximum absolute atomic E-state index is 12.1. The topological polar surface area (TPSA) is 80.9 Å². The van der Waals surface area contributed by atoms with Gasteiger partial charge >= 0.3 is 0 Å². The molecular formula is C22H17ClN4O2. The second kappa shape index (κ2) is 7.29. The number of hydrogen-bond donors (Lipinski definition) is 1. The Labute approximate surface area is 171 Å². The summed E-state index contributed by atoms with van der Waals surface area (Å²) in [5.74, 6) is 1.39. The number of hydrogen-bond acceptors (Lipinski definition) is 5. The average molecular weight is 405 g/mol. The minimum absolute atomic E-state index is 0.0390. The van der Waals surface area contributed by atoms with Crippen LogP contribution in [0.25, 0.3) is 33.6 Å². The third-order valence-corrected chi connectivity index (χ3v) is 5.31. The van der Waals surface area contributed by atoms with Gasteiger partial charge in [0.1, 0.15) is 0 Å². The number of benzene rings is 2. The van der Waals surface area contributed by atoms with Gasteiger partial charge in [0.25, 0.3) is 5.89 Å². The lowest BCUT2D eigenvalue weighted by atomic mass is 10.1. The molecule has 0 saturated heterocycles. The monoisotopic (exact) mass is 404 g/mol. The predicted molar refractivity (Wildman–Crippen MR) is 111 cm³/mol. The summed E-state index contributed by atoms with van der Waals surface area (Å²) in [5.41, 5.74) is 2.20. The van der Waals surface area contributed by atoms with Crippen LogP contribution in [0.1, 0.15) is 19.3 Å². The van der Waals surface area contributed by atoms with Crippen molar-refractivity contribution in [2.45, 2.75) is 19.3 Å². The summed E-state index contributed by atoms with van der Waals surface area (Å²) < 4.78 is 5.50. The largest absolute Gasteiger partial charge is 0.334 e. The highest BCUT2D eigenvalue weighted by Crippen LogP contribution is 2.33. The highest BCUT2D eigenvalue weighted by molar-refractivity contribution is 6.35. The molecule has 6 nitrogen and oxygen atoms in total. The van der Waals surface area contributed by atoms with Gasteiger partial charge < -0.3 is 9.84 Å². The number of anilines is 1. The van der Waals surface area contributed by atoms with Crippen LogP contribution in [0, 0.1) is 5.92 Å². The standard InChI is InChI=1S/C22H17ClN4O2/c23-19-6-2-5-16-17(19)11-24-12-18(16)22-26-21(27-29-22)14-3-1-4-15(10-14)25-20(28)9-13-7-8-13/h1-6,10-13H,7-9H2,(H,25,28). The molecule has 144 valence electrons. The highest BCUT2D eigenvalue weighted by atomic mass is 35.5. The van der Waals surface area contributed by atoms with Gasteiger partial charge in [-0.05, 0) is 42.3 Å². The van der Waals surface area contributed by atoms with Crippen LogP contribution in [0.3, 0.4) is 0 Å². The molecule has 1 fully saturated rings. The second-order valence-electron chi connectivity index (χ2n) is 7.22. The van der Waals surface area contributed by atoms with E-state index in [4.69, 9.17) is 16.1 Å². The van der Waals surface area contributed by atoms with Gasteiger partial charge in [-0.15, -0.1) is 0 Å². The van der Waals surface area contributed by atoms with E-state index in [0.29, 0.717) is 29.1 Å². The molecule has 2 heterocycles. The van der Waals surface area contributed by atoms with Crippen molar-refractivity contribution in [2.75, 3.05) is 5.32 Å². The van der Waals surface area contributed by atoms with Gasteiger partial charge in [-0.25, -0.2) is 0 Å². The zero-order valence-electron chi connectivity index (χ0n) is 15.4. The number of nitrogens with one attached hydrogen (secondary N) is 1. The van der Waals surface area contributed by atoms with Gasteiger partial charge in [0.2, 0.25) is 11.7 Å². The van der Waals surface area contributed by atoms with Gasteiger partial charge in [-0.1, -0.05) is 41.0 Å². The Morgan fingerprint density at radius 2 is 2.00 bits per heavy atom. The molecule has 1 amide bonds. The summed E-state index contributed by atoms with van der Waals surface area (Å²) in [6.45, 7) is 0. The zero-order chi connectivity index (χ0) is 19.8. The minimum Gasteiger partial charge on any atom is -0.334 e. The van der Waals surface area contributed by atoms with E-state index < -0.39 is 0 Å². The van der Waals surface area contributed by atoms with Crippen molar-refractivity contribution in [3.05, 3.63) is 59.9 Å². The third kappa shape index (κ3) is 3.71. The first kappa shape index (κ1) is 17.8. The molecule has 0 unspecified atom stereocenters. The van der Waals surface area contributed by atoms with Crippen LogP contribution in [0.4, 0.5) is 5.69 Å². The van der Waals surface area contributed by atoms with E-state index in [1.54, 1.807) is 12.4 Å².